The maximum atomic E-state index is 12.8. The van der Waals surface area contributed by atoms with E-state index in [9.17, 15) is 14.4 Å². The fourth-order valence-electron chi connectivity index (χ4n) is 3.50. The summed E-state index contributed by atoms with van der Waals surface area (Å²) < 4.78 is 15.3. The number of alkyl carbamates (subject to hydrolysis) is 1. The van der Waals surface area contributed by atoms with Crippen molar-refractivity contribution in [2.75, 3.05) is 26.7 Å². The Balaban J connectivity index is 0.000000827. The molecule has 0 radical (unpaired) electrons. The minimum Gasteiger partial charge on any atom is -0.445 e. The number of nitrogens with zero attached hydrogens (tertiary/aromatic N) is 1. The molecule has 0 spiro atoms. The van der Waals surface area contributed by atoms with Crippen molar-refractivity contribution < 1.29 is 28.6 Å². The van der Waals surface area contributed by atoms with Crippen molar-refractivity contribution in [1.82, 2.24) is 15.5 Å². The van der Waals surface area contributed by atoms with Crippen molar-refractivity contribution in [1.29, 1.82) is 0 Å². The number of rotatable bonds is 10. The van der Waals surface area contributed by atoms with E-state index in [-0.39, 0.29) is 24.5 Å². The van der Waals surface area contributed by atoms with Gasteiger partial charge in [-0.3, -0.25) is 9.59 Å². The SMILES string of the molecule is CC.CCCN(CC)C(=O)C(NC(=O)OCc1ccccc1)C(C)(C)C.CCO[C@@H]1OC(=O)C[C@@H]1NC. The molecule has 1 aromatic rings. The minimum atomic E-state index is -0.618. The highest BCUT2D eigenvalue weighted by Gasteiger charge is 2.36. The van der Waals surface area contributed by atoms with E-state index in [1.54, 1.807) is 11.9 Å². The van der Waals surface area contributed by atoms with Crippen LogP contribution >= 0.6 is 0 Å². The third kappa shape index (κ3) is 12.9. The van der Waals surface area contributed by atoms with Crippen molar-refractivity contribution in [3.63, 3.8) is 0 Å². The van der Waals surface area contributed by atoms with Gasteiger partial charge >= 0.3 is 12.1 Å². The molecule has 2 rings (SSSR count). The van der Waals surface area contributed by atoms with E-state index in [0.717, 1.165) is 12.0 Å². The number of carbonyl (C=O) groups excluding carboxylic acids is 3. The Morgan fingerprint density at radius 2 is 1.76 bits per heavy atom. The number of amides is 2. The first kappa shape index (κ1) is 34.4. The summed E-state index contributed by atoms with van der Waals surface area (Å²) in [5.41, 5.74) is 0.511. The van der Waals surface area contributed by atoms with Crippen LogP contribution in [0.5, 0.6) is 0 Å². The highest BCUT2D eigenvalue weighted by Crippen LogP contribution is 2.22. The summed E-state index contributed by atoms with van der Waals surface area (Å²) in [6.45, 7) is 17.7. The van der Waals surface area contributed by atoms with E-state index in [0.29, 0.717) is 26.1 Å². The number of carbonyl (C=O) groups is 3. The second kappa shape index (κ2) is 18.6. The highest BCUT2D eigenvalue weighted by molar-refractivity contribution is 5.86. The monoisotopic (exact) mass is 523 g/mol. The van der Waals surface area contributed by atoms with Gasteiger partial charge in [-0.25, -0.2) is 4.79 Å². The lowest BCUT2D eigenvalue weighted by Gasteiger charge is -2.34. The Bertz CT molecular complexity index is 782. The first-order valence-corrected chi connectivity index (χ1v) is 13.3. The Morgan fingerprint density at radius 1 is 1.14 bits per heavy atom. The van der Waals surface area contributed by atoms with Gasteiger partial charge in [-0.2, -0.15) is 0 Å². The van der Waals surface area contributed by atoms with Gasteiger partial charge in [0.05, 0.1) is 12.5 Å². The molecule has 212 valence electrons. The molecule has 1 aromatic carbocycles. The van der Waals surface area contributed by atoms with Crippen LogP contribution in [0.1, 0.15) is 73.8 Å². The lowest BCUT2D eigenvalue weighted by molar-refractivity contribution is -0.163. The lowest BCUT2D eigenvalue weighted by Crippen LogP contribution is -2.55. The van der Waals surface area contributed by atoms with Gasteiger partial charge in [0, 0.05) is 19.7 Å². The van der Waals surface area contributed by atoms with Crippen LogP contribution in [0.2, 0.25) is 0 Å². The molecule has 2 amide bonds. The van der Waals surface area contributed by atoms with Crippen LogP contribution in [0, 0.1) is 5.41 Å². The molecule has 1 heterocycles. The summed E-state index contributed by atoms with van der Waals surface area (Å²) in [7, 11) is 1.79. The molecule has 1 saturated heterocycles. The molecule has 1 aliphatic heterocycles. The number of esters is 1. The van der Waals surface area contributed by atoms with Crippen molar-refractivity contribution >= 4 is 18.0 Å². The van der Waals surface area contributed by atoms with Gasteiger partial charge in [0.25, 0.3) is 0 Å². The maximum Gasteiger partial charge on any atom is 0.408 e. The van der Waals surface area contributed by atoms with Gasteiger partial charge in [0.1, 0.15) is 12.6 Å². The summed E-state index contributed by atoms with van der Waals surface area (Å²) in [5, 5.41) is 5.71. The molecule has 0 aliphatic carbocycles. The van der Waals surface area contributed by atoms with Crippen LogP contribution in [0.15, 0.2) is 30.3 Å². The third-order valence-corrected chi connectivity index (χ3v) is 5.44. The largest absolute Gasteiger partial charge is 0.445 e. The molecule has 3 atom stereocenters. The number of nitrogens with one attached hydrogen (secondary N) is 2. The summed E-state index contributed by atoms with van der Waals surface area (Å²) in [5.74, 6) is -0.258. The number of hydrogen-bond donors (Lipinski definition) is 2. The van der Waals surface area contributed by atoms with E-state index in [1.807, 2.05) is 85.7 Å². The standard InChI is InChI=1S/C19H30N2O3.C7H13NO3.C2H6/c1-6-13-21(7-2)17(22)16(19(3,4)5)20-18(23)24-14-15-11-9-8-10-12-15;1-3-10-7-5(8-2)4-6(9)11-7;1-2/h8-12,16H,6-7,13-14H2,1-5H3,(H,20,23);5,7-8H,3-4H2,1-2H3;1-2H3/t;5-,7+;/m.0./s1. The van der Waals surface area contributed by atoms with Crippen LogP contribution < -0.4 is 10.6 Å². The summed E-state index contributed by atoms with van der Waals surface area (Å²) in [6, 6.07) is 8.86. The topological polar surface area (TPSA) is 106 Å². The van der Waals surface area contributed by atoms with Crippen molar-refractivity contribution in [3.8, 4) is 0 Å². The van der Waals surface area contributed by atoms with E-state index in [2.05, 4.69) is 10.6 Å². The molecule has 37 heavy (non-hydrogen) atoms. The Morgan fingerprint density at radius 3 is 2.24 bits per heavy atom. The third-order valence-electron chi connectivity index (χ3n) is 5.44. The summed E-state index contributed by atoms with van der Waals surface area (Å²) in [4.78, 5) is 37.4. The summed E-state index contributed by atoms with van der Waals surface area (Å²) >= 11 is 0. The molecule has 0 aromatic heterocycles. The molecule has 9 heteroatoms. The number of benzene rings is 1. The number of cyclic esters (lactones) is 1. The average Bonchev–Trinajstić information content (AvgIpc) is 3.25. The smallest absolute Gasteiger partial charge is 0.408 e. The van der Waals surface area contributed by atoms with Gasteiger partial charge < -0.3 is 29.7 Å². The predicted molar refractivity (Wildman–Crippen MR) is 146 cm³/mol. The zero-order chi connectivity index (χ0) is 28.4. The van der Waals surface area contributed by atoms with Crippen molar-refractivity contribution in [2.45, 2.75) is 93.2 Å². The predicted octanol–water partition coefficient (Wildman–Crippen LogP) is 4.50. The van der Waals surface area contributed by atoms with E-state index in [4.69, 9.17) is 14.2 Å². The molecule has 0 saturated carbocycles. The highest BCUT2D eigenvalue weighted by atomic mass is 16.7. The fraction of sp³-hybridized carbons (Fsp3) is 0.679. The number of ether oxygens (including phenoxy) is 3. The van der Waals surface area contributed by atoms with Gasteiger partial charge in [-0.1, -0.05) is 71.9 Å². The average molecular weight is 524 g/mol. The van der Waals surface area contributed by atoms with Gasteiger partial charge in [0.15, 0.2) is 0 Å². The Labute approximate surface area is 223 Å². The molecular weight excluding hydrogens is 474 g/mol. The Kier molecular flexibility index (Phi) is 17.2. The first-order valence-electron chi connectivity index (χ1n) is 13.3. The summed E-state index contributed by atoms with van der Waals surface area (Å²) in [6.07, 6.45) is 0.327. The number of likely N-dealkylation sites (N-methyl/N-ethyl adjacent to an activating group) is 2. The first-order chi connectivity index (χ1) is 17.6. The molecule has 1 aliphatic rings. The van der Waals surface area contributed by atoms with Crippen LogP contribution in [0.3, 0.4) is 0 Å². The van der Waals surface area contributed by atoms with Crippen LogP contribution in [-0.4, -0.2) is 68.0 Å². The second-order valence-electron chi connectivity index (χ2n) is 9.34. The van der Waals surface area contributed by atoms with Gasteiger partial charge in [0.2, 0.25) is 12.2 Å². The van der Waals surface area contributed by atoms with Gasteiger partial charge in [-0.05, 0) is 38.3 Å². The van der Waals surface area contributed by atoms with Crippen molar-refractivity contribution in [3.05, 3.63) is 35.9 Å². The van der Waals surface area contributed by atoms with Crippen LogP contribution in [-0.2, 0) is 30.4 Å². The van der Waals surface area contributed by atoms with Crippen LogP contribution in [0.4, 0.5) is 4.79 Å². The molecular formula is C28H49N3O6. The molecule has 1 fully saturated rings. The second-order valence-corrected chi connectivity index (χ2v) is 9.34. The zero-order valence-electron chi connectivity index (χ0n) is 24.3. The molecule has 0 bridgehead atoms. The van der Waals surface area contributed by atoms with Crippen molar-refractivity contribution in [2.24, 2.45) is 5.41 Å². The molecule has 1 unspecified atom stereocenters. The molecule has 9 nitrogen and oxygen atoms in total. The minimum absolute atomic E-state index is 0.0162. The zero-order valence-corrected chi connectivity index (χ0v) is 24.3. The maximum absolute atomic E-state index is 12.8. The molecule has 2 N–H and O–H groups in total. The van der Waals surface area contributed by atoms with Gasteiger partial charge in [-0.15, -0.1) is 0 Å². The van der Waals surface area contributed by atoms with E-state index >= 15 is 0 Å². The Hall–Kier alpha value is -2.65. The normalized spacial score (nSPS) is 17.3. The quantitative estimate of drug-likeness (QED) is 0.435. The lowest BCUT2D eigenvalue weighted by atomic mass is 9.86. The van der Waals surface area contributed by atoms with Crippen LogP contribution in [0.25, 0.3) is 0 Å². The van der Waals surface area contributed by atoms with E-state index in [1.165, 1.54) is 0 Å². The van der Waals surface area contributed by atoms with E-state index < -0.39 is 23.8 Å². The fourth-order valence-corrected chi connectivity index (χ4v) is 3.50. The number of hydrogen-bond acceptors (Lipinski definition) is 7.